The average molecular weight is 656 g/mol. The minimum Gasteiger partial charge on any atom is -0.480 e. The van der Waals surface area contributed by atoms with E-state index in [4.69, 9.17) is 0 Å². The third-order valence-corrected chi connectivity index (χ3v) is 7.54. The second-order valence-corrected chi connectivity index (χ2v) is 11.8. The summed E-state index contributed by atoms with van der Waals surface area (Å²) >= 11 is 0. The SMILES string of the molecule is C=CNCc1ccc(C(=O)N[C@@H](CCCC)C(=O)N[C@H](C(=O)N[C@@H](CCCCNC(=O)CCCCC(=O)C=C)C(=O)O)C(C)C)cc1. The van der Waals surface area contributed by atoms with Gasteiger partial charge < -0.3 is 31.7 Å². The van der Waals surface area contributed by atoms with Crippen molar-refractivity contribution in [2.75, 3.05) is 6.54 Å². The Morgan fingerprint density at radius 3 is 2.06 bits per heavy atom. The molecule has 0 aliphatic carbocycles. The largest absolute Gasteiger partial charge is 0.480 e. The van der Waals surface area contributed by atoms with Crippen LogP contribution in [0, 0.1) is 5.92 Å². The Balaban J connectivity index is 2.70. The van der Waals surface area contributed by atoms with Crippen LogP contribution < -0.4 is 26.6 Å². The van der Waals surface area contributed by atoms with Crippen LogP contribution in [0.3, 0.4) is 0 Å². The number of allylic oxidation sites excluding steroid dienone is 1. The van der Waals surface area contributed by atoms with Crippen molar-refractivity contribution in [1.29, 1.82) is 0 Å². The first-order valence-corrected chi connectivity index (χ1v) is 16.4. The molecule has 12 heteroatoms. The number of hydrogen-bond donors (Lipinski definition) is 6. The number of unbranched alkanes of at least 4 members (excludes halogenated alkanes) is 3. The van der Waals surface area contributed by atoms with Gasteiger partial charge in [-0.05, 0) is 74.4 Å². The molecule has 12 nitrogen and oxygen atoms in total. The number of carbonyl (C=O) groups excluding carboxylic acids is 5. The van der Waals surface area contributed by atoms with Crippen molar-refractivity contribution in [2.24, 2.45) is 5.92 Å². The van der Waals surface area contributed by atoms with E-state index in [2.05, 4.69) is 39.7 Å². The molecule has 0 bridgehead atoms. The molecule has 4 amide bonds. The Labute approximate surface area is 278 Å². The third-order valence-electron chi connectivity index (χ3n) is 7.54. The van der Waals surface area contributed by atoms with Crippen molar-refractivity contribution in [1.82, 2.24) is 26.6 Å². The molecule has 3 atom stereocenters. The van der Waals surface area contributed by atoms with Gasteiger partial charge in [-0.25, -0.2) is 4.79 Å². The predicted molar refractivity (Wildman–Crippen MR) is 181 cm³/mol. The highest BCUT2D eigenvalue weighted by Crippen LogP contribution is 2.10. The van der Waals surface area contributed by atoms with Gasteiger partial charge in [0, 0.05) is 31.5 Å². The molecule has 0 aromatic heterocycles. The number of carboxylic acid groups (broad SMARTS) is 1. The van der Waals surface area contributed by atoms with E-state index in [1.807, 2.05) is 6.92 Å². The summed E-state index contributed by atoms with van der Waals surface area (Å²) in [5.74, 6) is -3.34. The Bertz CT molecular complexity index is 1200. The summed E-state index contributed by atoms with van der Waals surface area (Å²) in [4.78, 5) is 74.7. The van der Waals surface area contributed by atoms with Crippen LogP contribution in [0.5, 0.6) is 0 Å². The number of amides is 4. The number of carboxylic acids is 1. The standard InChI is InChI=1S/C35H53N5O7/c1-6-9-15-28(38-32(43)26-20-18-25(19-21-26)23-36-8-3)33(44)40-31(24(4)5)34(45)39-29(35(46)47)16-12-13-22-37-30(42)17-11-10-14-27(41)7-2/h7-8,18-21,24,28-29,31,36H,2-3,6,9-17,22-23H2,1,4-5H3,(H,37,42)(H,38,43)(H,39,45)(H,40,44)(H,46,47)/t28-,29-,31-/m0/s1. The first kappa shape index (κ1) is 40.5. The first-order valence-electron chi connectivity index (χ1n) is 16.4. The fourth-order valence-corrected chi connectivity index (χ4v) is 4.67. The Morgan fingerprint density at radius 1 is 0.809 bits per heavy atom. The molecule has 6 N–H and O–H groups in total. The van der Waals surface area contributed by atoms with Gasteiger partial charge in [0.25, 0.3) is 5.91 Å². The maximum absolute atomic E-state index is 13.4. The molecule has 0 heterocycles. The lowest BCUT2D eigenvalue weighted by Gasteiger charge is -2.26. The lowest BCUT2D eigenvalue weighted by atomic mass is 10.0. The number of ketones is 1. The molecule has 0 aliphatic heterocycles. The van der Waals surface area contributed by atoms with Crippen LogP contribution in [0.1, 0.15) is 101 Å². The van der Waals surface area contributed by atoms with Crippen LogP contribution in [0.15, 0.2) is 49.7 Å². The Kier molecular flexibility index (Phi) is 19.8. The zero-order valence-electron chi connectivity index (χ0n) is 28.1. The van der Waals surface area contributed by atoms with E-state index < -0.39 is 41.8 Å². The summed E-state index contributed by atoms with van der Waals surface area (Å²) in [7, 11) is 0. The summed E-state index contributed by atoms with van der Waals surface area (Å²) in [6, 6.07) is 3.86. The normalized spacial score (nSPS) is 12.6. The summed E-state index contributed by atoms with van der Waals surface area (Å²) in [5, 5.41) is 23.6. The molecule has 0 aliphatic rings. The molecule has 0 saturated heterocycles. The van der Waals surface area contributed by atoms with Crippen molar-refractivity contribution in [3.63, 3.8) is 0 Å². The maximum Gasteiger partial charge on any atom is 0.326 e. The van der Waals surface area contributed by atoms with Crippen LogP contribution in [-0.4, -0.2) is 65.2 Å². The highest BCUT2D eigenvalue weighted by atomic mass is 16.4. The lowest BCUT2D eigenvalue weighted by molar-refractivity contribution is -0.142. The smallest absolute Gasteiger partial charge is 0.326 e. The van der Waals surface area contributed by atoms with Crippen LogP contribution >= 0.6 is 0 Å². The molecule has 0 spiro atoms. The summed E-state index contributed by atoms with van der Waals surface area (Å²) < 4.78 is 0. The average Bonchev–Trinajstić information content (AvgIpc) is 3.05. The third kappa shape index (κ3) is 16.6. The second kappa shape index (κ2) is 22.9. The van der Waals surface area contributed by atoms with Gasteiger partial charge in [-0.3, -0.25) is 24.0 Å². The van der Waals surface area contributed by atoms with E-state index in [1.54, 1.807) is 44.3 Å². The number of benzene rings is 1. The predicted octanol–water partition coefficient (Wildman–Crippen LogP) is 3.52. The van der Waals surface area contributed by atoms with E-state index in [-0.39, 0.29) is 24.0 Å². The van der Waals surface area contributed by atoms with Gasteiger partial charge in [-0.2, -0.15) is 0 Å². The lowest BCUT2D eigenvalue weighted by Crippen LogP contribution is -2.57. The van der Waals surface area contributed by atoms with Gasteiger partial charge in [-0.15, -0.1) is 0 Å². The molecule has 0 fully saturated rings. The summed E-state index contributed by atoms with van der Waals surface area (Å²) in [6.07, 6.45) is 7.60. The van der Waals surface area contributed by atoms with Crippen molar-refractivity contribution in [3.8, 4) is 0 Å². The quantitative estimate of drug-likeness (QED) is 0.0683. The number of hydrogen-bond acceptors (Lipinski definition) is 7. The minimum absolute atomic E-state index is 0.0525. The number of nitrogens with one attached hydrogen (secondary N) is 5. The van der Waals surface area contributed by atoms with E-state index in [0.717, 1.165) is 12.0 Å². The fraction of sp³-hybridized carbons (Fsp3) is 0.543. The highest BCUT2D eigenvalue weighted by Gasteiger charge is 2.31. The van der Waals surface area contributed by atoms with Gasteiger partial charge >= 0.3 is 5.97 Å². The fourth-order valence-electron chi connectivity index (χ4n) is 4.67. The topological polar surface area (TPSA) is 183 Å². The first-order chi connectivity index (χ1) is 22.4. The number of carbonyl (C=O) groups is 6. The highest BCUT2D eigenvalue weighted by molar-refractivity contribution is 5.98. The summed E-state index contributed by atoms with van der Waals surface area (Å²) in [5.41, 5.74) is 1.35. The van der Waals surface area contributed by atoms with Gasteiger partial charge in [0.1, 0.15) is 18.1 Å². The Hall–Kier alpha value is -4.48. The molecule has 0 unspecified atom stereocenters. The maximum atomic E-state index is 13.4. The van der Waals surface area contributed by atoms with Crippen molar-refractivity contribution >= 4 is 35.4 Å². The van der Waals surface area contributed by atoms with Crippen molar-refractivity contribution in [2.45, 2.75) is 110 Å². The molecule has 260 valence electrons. The molecule has 0 radical (unpaired) electrons. The molecule has 1 aromatic carbocycles. The van der Waals surface area contributed by atoms with Gasteiger partial charge in [-0.1, -0.05) is 58.9 Å². The minimum atomic E-state index is -1.20. The molecular weight excluding hydrogens is 602 g/mol. The van der Waals surface area contributed by atoms with Crippen LogP contribution in [0.2, 0.25) is 0 Å². The van der Waals surface area contributed by atoms with Crippen molar-refractivity contribution < 1.29 is 33.9 Å². The second-order valence-electron chi connectivity index (χ2n) is 11.8. The number of rotatable bonds is 25. The van der Waals surface area contributed by atoms with Gasteiger partial charge in [0.05, 0.1) is 0 Å². The monoisotopic (exact) mass is 655 g/mol. The van der Waals surface area contributed by atoms with E-state index in [1.165, 1.54) is 6.08 Å². The van der Waals surface area contributed by atoms with E-state index >= 15 is 0 Å². The van der Waals surface area contributed by atoms with Gasteiger partial charge in [0.15, 0.2) is 5.78 Å². The molecule has 47 heavy (non-hydrogen) atoms. The van der Waals surface area contributed by atoms with Gasteiger partial charge in [0.2, 0.25) is 17.7 Å². The van der Waals surface area contributed by atoms with E-state index in [9.17, 15) is 33.9 Å². The zero-order chi connectivity index (χ0) is 35.2. The van der Waals surface area contributed by atoms with Crippen LogP contribution in [-0.2, 0) is 30.5 Å². The Morgan fingerprint density at radius 2 is 1.47 bits per heavy atom. The van der Waals surface area contributed by atoms with Crippen LogP contribution in [0.25, 0.3) is 0 Å². The van der Waals surface area contributed by atoms with E-state index in [0.29, 0.717) is 70.0 Å². The number of aliphatic carboxylic acids is 1. The molecule has 1 aromatic rings. The molecule has 1 rings (SSSR count). The van der Waals surface area contributed by atoms with Crippen LogP contribution in [0.4, 0.5) is 0 Å². The zero-order valence-corrected chi connectivity index (χ0v) is 28.1. The van der Waals surface area contributed by atoms with Crippen molar-refractivity contribution in [3.05, 3.63) is 60.8 Å². The molecular formula is C35H53N5O7. The summed E-state index contributed by atoms with van der Waals surface area (Å²) in [6.45, 7) is 13.4. The molecule has 0 saturated carbocycles.